The van der Waals surface area contributed by atoms with E-state index in [1.165, 1.54) is 156 Å². The summed E-state index contributed by atoms with van der Waals surface area (Å²) in [6.07, 6.45) is 0. The second-order valence-corrected chi connectivity index (χ2v) is 31.5. The van der Waals surface area contributed by atoms with Gasteiger partial charge in [0.15, 0.2) is 0 Å². The summed E-state index contributed by atoms with van der Waals surface area (Å²) < 4.78 is 0. The molecule has 0 bridgehead atoms. The molecule has 13 aromatic carbocycles. The number of anilines is 18. The van der Waals surface area contributed by atoms with Crippen molar-refractivity contribution < 1.29 is 0 Å². The molecule has 0 amide bonds. The zero-order chi connectivity index (χ0) is 72.3. The lowest BCUT2D eigenvalue weighted by Crippen LogP contribution is -2.65. The summed E-state index contributed by atoms with van der Waals surface area (Å²) in [7, 11) is 0. The summed E-state index contributed by atoms with van der Waals surface area (Å²) in [5.74, 6) is 0. The molecule has 6 nitrogen and oxygen atoms in total. The molecule has 0 saturated heterocycles. The van der Waals surface area contributed by atoms with Gasteiger partial charge in [-0.25, -0.2) is 0 Å². The van der Waals surface area contributed by atoms with Gasteiger partial charge in [-0.2, -0.15) is 0 Å². The first-order valence-corrected chi connectivity index (χ1v) is 37.1. The van der Waals surface area contributed by atoms with Gasteiger partial charge in [0.25, 0.3) is 13.4 Å². The van der Waals surface area contributed by atoms with E-state index in [4.69, 9.17) is 0 Å². The van der Waals surface area contributed by atoms with Gasteiger partial charge in [-0.05, 0) is 391 Å². The van der Waals surface area contributed by atoms with Crippen molar-refractivity contribution in [1.29, 1.82) is 0 Å². The summed E-state index contributed by atoms with van der Waals surface area (Å²) in [6, 6.07) is 86.7. The van der Waals surface area contributed by atoms with Gasteiger partial charge in [0.05, 0.1) is 11.4 Å². The summed E-state index contributed by atoms with van der Waals surface area (Å²) in [5.41, 5.74) is 50.2. The van der Waals surface area contributed by atoms with Gasteiger partial charge in [0.1, 0.15) is 0 Å². The second-order valence-electron chi connectivity index (χ2n) is 31.5. The second kappa shape index (κ2) is 24.8. The van der Waals surface area contributed by atoms with Crippen molar-refractivity contribution in [3.8, 4) is 0 Å². The van der Waals surface area contributed by atoms with Gasteiger partial charge in [-0.3, -0.25) is 0 Å². The molecule has 0 N–H and O–H groups in total. The van der Waals surface area contributed by atoms with Crippen LogP contribution in [0.1, 0.15) is 100 Å². The molecule has 0 aliphatic carbocycles. The lowest BCUT2D eigenvalue weighted by Gasteiger charge is -2.48. The average Bonchev–Trinajstić information content (AvgIpc) is 0.681. The van der Waals surface area contributed by atoms with Crippen molar-refractivity contribution in [2.24, 2.45) is 0 Å². The number of fused-ring (bicyclic) bond motifs is 8. The summed E-state index contributed by atoms with van der Waals surface area (Å²) in [6.45, 7) is 40.1. The highest BCUT2D eigenvalue weighted by Gasteiger charge is 2.49. The number of aryl methyl sites for hydroxylation is 18. The summed E-state index contributed by atoms with van der Waals surface area (Å²) >= 11 is 0. The molecule has 104 heavy (non-hydrogen) atoms. The van der Waals surface area contributed by atoms with Crippen LogP contribution < -0.4 is 62.2 Å². The Balaban J connectivity index is 1.04. The number of rotatable bonds is 10. The quantitative estimate of drug-likeness (QED) is 0.126. The molecule has 0 fully saturated rings. The fourth-order valence-corrected chi connectivity index (χ4v) is 18.4. The van der Waals surface area contributed by atoms with E-state index in [9.17, 15) is 0 Å². The third kappa shape index (κ3) is 11.2. The maximum atomic E-state index is 2.70. The Hall–Kier alpha value is -11.2. The Labute approximate surface area is 617 Å². The van der Waals surface area contributed by atoms with Crippen molar-refractivity contribution in [3.63, 3.8) is 0 Å². The Morgan fingerprint density at radius 2 is 0.423 bits per heavy atom. The van der Waals surface area contributed by atoms with Gasteiger partial charge < -0.3 is 29.4 Å². The van der Waals surface area contributed by atoms with Crippen LogP contribution in [0.5, 0.6) is 0 Å². The molecule has 0 radical (unpaired) electrons. The van der Waals surface area contributed by atoms with Crippen molar-refractivity contribution in [3.05, 3.63) is 319 Å². The molecule has 8 heteroatoms. The molecule has 4 aliphatic rings. The minimum absolute atomic E-state index is 0.195. The first-order chi connectivity index (χ1) is 49.8. The number of benzene rings is 13. The van der Waals surface area contributed by atoms with Gasteiger partial charge in [0.2, 0.25) is 0 Å². The molecular weight excluding hydrogens is 1260 g/mol. The standard InChI is InChI=1S/C96H90B2N6/c1-55-19-22-72(18)86(46-55)104-90-54-89-84(53-85(90)98-83-24-21-57(3)48-88(83)102(78-42-68(14)30-69(15)43-78)93-51-81(52-94(104)96(93)98)100(75-36-62(8)27-63(9)37-75)76-38-64(10)28-65(11)39-76)97-82-23-20-56(2)47-87(82)101(77-40-66(12)29-67(13)41-77)91-49-80(50-92(95(91)97)103(89)79-44-70(16)31-71(17)45-79)99(73-32-58(4)25-59(5)33-73)74-34-60(6)26-61(7)35-74/h19-54H,1-18H3. The molecule has 4 aliphatic heterocycles. The fourth-order valence-electron chi connectivity index (χ4n) is 18.4. The zero-order valence-corrected chi connectivity index (χ0v) is 63.6. The normalized spacial score (nSPS) is 13.0. The SMILES string of the molecule is Cc1cc(C)cc(N(c2cc(C)cc(C)c2)c2cc3c4c(c2)N(c2cc(C)cc(C)c2)c2cc5c(cc2B4c2ccc(C)cc2N3c2cc(C)cc(C)c2)B2c3ccc(C)cc3N(c3cc(C)cc(C)c3)c3cc(N(c4cc(C)cc(C)c4)c4cc(C)cc(C)c4)cc(c32)N5c2cc(C)ccc2C)c1. The van der Waals surface area contributed by atoms with Crippen molar-refractivity contribution in [2.45, 2.75) is 125 Å². The van der Waals surface area contributed by atoms with Crippen LogP contribution in [0.15, 0.2) is 218 Å². The highest BCUT2D eigenvalue weighted by Crippen LogP contribution is 2.54. The van der Waals surface area contributed by atoms with Crippen molar-refractivity contribution >= 4 is 149 Å². The van der Waals surface area contributed by atoms with Gasteiger partial charge >= 0.3 is 0 Å². The van der Waals surface area contributed by atoms with Gasteiger partial charge in [-0.15, -0.1) is 0 Å². The molecule has 17 rings (SSSR count). The van der Waals surface area contributed by atoms with Crippen LogP contribution in [0.25, 0.3) is 0 Å². The summed E-state index contributed by atoms with van der Waals surface area (Å²) in [5, 5.41) is 0. The van der Waals surface area contributed by atoms with Crippen LogP contribution in [0, 0.1) is 125 Å². The van der Waals surface area contributed by atoms with E-state index in [-0.39, 0.29) is 13.4 Å². The third-order valence-electron chi connectivity index (χ3n) is 21.9. The zero-order valence-electron chi connectivity index (χ0n) is 63.6. The smallest absolute Gasteiger partial charge is 0.252 e. The molecular formula is C96H90B2N6. The van der Waals surface area contributed by atoms with Crippen LogP contribution in [0.4, 0.5) is 102 Å². The van der Waals surface area contributed by atoms with Crippen LogP contribution in [-0.4, -0.2) is 13.4 Å². The monoisotopic (exact) mass is 1350 g/mol. The Morgan fingerprint density at radius 1 is 0.183 bits per heavy atom. The van der Waals surface area contributed by atoms with Gasteiger partial charge in [-0.1, -0.05) is 84.9 Å². The van der Waals surface area contributed by atoms with Crippen LogP contribution in [0.3, 0.4) is 0 Å². The molecule has 4 heterocycles. The highest BCUT2D eigenvalue weighted by molar-refractivity contribution is 7.03. The van der Waals surface area contributed by atoms with E-state index in [2.05, 4.69) is 372 Å². The van der Waals surface area contributed by atoms with E-state index in [1.54, 1.807) is 0 Å². The van der Waals surface area contributed by atoms with Crippen LogP contribution >= 0.6 is 0 Å². The van der Waals surface area contributed by atoms with E-state index in [0.29, 0.717) is 0 Å². The van der Waals surface area contributed by atoms with E-state index in [1.807, 2.05) is 0 Å². The molecule has 0 atom stereocenters. The van der Waals surface area contributed by atoms with Crippen molar-refractivity contribution in [1.82, 2.24) is 0 Å². The molecule has 0 saturated carbocycles. The van der Waals surface area contributed by atoms with E-state index in [0.717, 1.165) is 79.6 Å². The predicted molar refractivity (Wildman–Crippen MR) is 449 cm³/mol. The van der Waals surface area contributed by atoms with Gasteiger partial charge in [0, 0.05) is 91.0 Å². The first kappa shape index (κ1) is 66.1. The topological polar surface area (TPSA) is 19.4 Å². The number of hydrogen-bond acceptors (Lipinski definition) is 6. The van der Waals surface area contributed by atoms with Crippen LogP contribution in [0.2, 0.25) is 0 Å². The lowest BCUT2D eigenvalue weighted by molar-refractivity contribution is 1.19. The predicted octanol–water partition coefficient (Wildman–Crippen LogP) is 22.3. The minimum atomic E-state index is -0.195. The Kier molecular flexibility index (Phi) is 15.7. The lowest BCUT2D eigenvalue weighted by atomic mass is 9.30. The van der Waals surface area contributed by atoms with Crippen LogP contribution in [-0.2, 0) is 0 Å². The summed E-state index contributed by atoms with van der Waals surface area (Å²) in [4.78, 5) is 15.7. The molecule has 510 valence electrons. The van der Waals surface area contributed by atoms with E-state index < -0.39 is 0 Å². The van der Waals surface area contributed by atoms with E-state index >= 15 is 0 Å². The molecule has 0 aromatic heterocycles. The fraction of sp³-hybridized carbons (Fsp3) is 0.188. The maximum absolute atomic E-state index is 2.70. The molecule has 0 spiro atoms. The Bertz CT molecular complexity index is 5570. The first-order valence-electron chi connectivity index (χ1n) is 37.1. The molecule has 0 unspecified atom stereocenters. The third-order valence-corrected chi connectivity index (χ3v) is 21.9. The van der Waals surface area contributed by atoms with Crippen molar-refractivity contribution in [2.75, 3.05) is 29.4 Å². The largest absolute Gasteiger partial charge is 0.311 e. The Morgan fingerprint density at radius 3 is 0.731 bits per heavy atom. The maximum Gasteiger partial charge on any atom is 0.252 e. The highest BCUT2D eigenvalue weighted by atomic mass is 15.2. The average molecular weight is 1350 g/mol. The molecule has 13 aromatic rings. The minimum Gasteiger partial charge on any atom is -0.311 e. The number of hydrogen-bond donors (Lipinski definition) is 0. The number of nitrogens with zero attached hydrogens (tertiary/aromatic N) is 6.